The molecule has 0 saturated heterocycles. The van der Waals surface area contributed by atoms with Crippen molar-refractivity contribution in [2.45, 2.75) is 116 Å². The highest BCUT2D eigenvalue weighted by molar-refractivity contribution is 5.76. The molecule has 33 heavy (non-hydrogen) atoms. The van der Waals surface area contributed by atoms with Crippen molar-refractivity contribution < 1.29 is 24.1 Å². The Bertz CT molecular complexity index is 577. The van der Waals surface area contributed by atoms with Gasteiger partial charge in [-0.25, -0.2) is 4.79 Å². The van der Waals surface area contributed by atoms with Crippen molar-refractivity contribution in [1.82, 2.24) is 0 Å². The van der Waals surface area contributed by atoms with Crippen LogP contribution in [0.15, 0.2) is 30.3 Å². The molecule has 0 aromatic heterocycles. The average Bonchev–Trinajstić information content (AvgIpc) is 2.82. The highest BCUT2D eigenvalue weighted by atomic mass is 16.7. The molecule has 0 spiro atoms. The van der Waals surface area contributed by atoms with Gasteiger partial charge in [0.1, 0.15) is 5.75 Å². The standard InChI is InChI=1S/C28H48O5/c1-3-5-6-7-8-9-10-11-12-13-14-15-16-20-23-28(27(29)30,32-25-24-31-4-2)33-26-21-18-17-19-22-26/h17-19,21-22H,3-16,20,23-25H2,1-2H3,(H,29,30). The van der Waals surface area contributed by atoms with E-state index < -0.39 is 11.8 Å². The number of carbonyl (C=O) groups is 1. The van der Waals surface area contributed by atoms with Crippen molar-refractivity contribution in [3.05, 3.63) is 30.3 Å². The minimum Gasteiger partial charge on any atom is -0.476 e. The third-order valence-corrected chi connectivity index (χ3v) is 5.98. The Morgan fingerprint density at radius 1 is 0.758 bits per heavy atom. The Morgan fingerprint density at radius 3 is 1.76 bits per heavy atom. The van der Waals surface area contributed by atoms with Crippen LogP contribution in [0.1, 0.15) is 110 Å². The predicted octanol–water partition coefficient (Wildman–Crippen LogP) is 7.77. The maximum absolute atomic E-state index is 12.2. The number of rotatable bonds is 23. The molecule has 1 unspecified atom stereocenters. The van der Waals surface area contributed by atoms with Crippen LogP contribution in [-0.2, 0) is 14.3 Å². The molecule has 0 heterocycles. The minimum atomic E-state index is -1.67. The summed E-state index contributed by atoms with van der Waals surface area (Å²) in [5.74, 6) is -2.26. The normalized spacial score (nSPS) is 13.0. The monoisotopic (exact) mass is 464 g/mol. The number of para-hydroxylation sites is 1. The van der Waals surface area contributed by atoms with Gasteiger partial charge in [-0.2, -0.15) is 0 Å². The molecule has 0 aliphatic heterocycles. The summed E-state index contributed by atoms with van der Waals surface area (Å²) in [4.78, 5) is 12.2. The van der Waals surface area contributed by atoms with Crippen molar-refractivity contribution in [2.24, 2.45) is 0 Å². The summed E-state index contributed by atoms with van der Waals surface area (Å²) in [5, 5.41) is 9.95. The van der Waals surface area contributed by atoms with Crippen LogP contribution >= 0.6 is 0 Å². The Hall–Kier alpha value is -1.59. The van der Waals surface area contributed by atoms with Crippen LogP contribution in [0.25, 0.3) is 0 Å². The van der Waals surface area contributed by atoms with Crippen LogP contribution in [0.4, 0.5) is 0 Å². The molecule has 1 atom stereocenters. The maximum Gasteiger partial charge on any atom is 0.377 e. The first-order chi connectivity index (χ1) is 16.1. The second-order valence-electron chi connectivity index (χ2n) is 8.86. The number of ether oxygens (including phenoxy) is 3. The van der Waals surface area contributed by atoms with Crippen molar-refractivity contribution >= 4 is 5.97 Å². The summed E-state index contributed by atoms with van der Waals surface area (Å²) in [5.41, 5.74) is 0. The zero-order valence-electron chi connectivity index (χ0n) is 21.2. The van der Waals surface area contributed by atoms with Gasteiger partial charge in [0.25, 0.3) is 0 Å². The molecule has 1 aromatic rings. The number of hydrogen-bond donors (Lipinski definition) is 1. The van der Waals surface area contributed by atoms with Crippen LogP contribution in [-0.4, -0.2) is 36.7 Å². The SMILES string of the molecule is CCCCCCCCCCCCCCCCC(OCCOCC)(Oc1ccccc1)C(=O)O. The van der Waals surface area contributed by atoms with Gasteiger partial charge in [0, 0.05) is 13.0 Å². The Labute approximate surface area is 202 Å². The van der Waals surface area contributed by atoms with Crippen molar-refractivity contribution in [3.63, 3.8) is 0 Å². The molecule has 0 saturated carbocycles. The summed E-state index contributed by atoms with van der Waals surface area (Å²) >= 11 is 0. The van der Waals surface area contributed by atoms with Gasteiger partial charge in [-0.1, -0.05) is 109 Å². The van der Waals surface area contributed by atoms with Gasteiger partial charge >= 0.3 is 11.8 Å². The Morgan fingerprint density at radius 2 is 1.27 bits per heavy atom. The maximum atomic E-state index is 12.2. The van der Waals surface area contributed by atoms with Gasteiger partial charge in [-0.3, -0.25) is 0 Å². The molecule has 5 nitrogen and oxygen atoms in total. The van der Waals surface area contributed by atoms with Crippen molar-refractivity contribution in [1.29, 1.82) is 0 Å². The van der Waals surface area contributed by atoms with Gasteiger partial charge in [0.15, 0.2) is 0 Å². The van der Waals surface area contributed by atoms with Crippen molar-refractivity contribution in [2.75, 3.05) is 19.8 Å². The molecule has 1 aromatic carbocycles. The highest BCUT2D eigenvalue weighted by Gasteiger charge is 2.42. The molecule has 190 valence electrons. The predicted molar refractivity (Wildman–Crippen MR) is 135 cm³/mol. The highest BCUT2D eigenvalue weighted by Crippen LogP contribution is 2.26. The van der Waals surface area contributed by atoms with Crippen LogP contribution in [0.3, 0.4) is 0 Å². The fourth-order valence-electron chi connectivity index (χ4n) is 4.01. The first-order valence-corrected chi connectivity index (χ1v) is 13.3. The van der Waals surface area contributed by atoms with E-state index in [4.69, 9.17) is 14.2 Å². The summed E-state index contributed by atoms with van der Waals surface area (Å²) in [7, 11) is 0. The summed E-state index contributed by atoms with van der Waals surface area (Å²) < 4.78 is 17.0. The van der Waals surface area contributed by atoms with Crippen LogP contribution in [0.5, 0.6) is 5.75 Å². The summed E-state index contributed by atoms with van der Waals surface area (Å²) in [6.07, 6.45) is 17.9. The number of unbranched alkanes of at least 4 members (excludes halogenated alkanes) is 13. The molecule has 0 radical (unpaired) electrons. The lowest BCUT2D eigenvalue weighted by atomic mass is 10.0. The van der Waals surface area contributed by atoms with E-state index in [9.17, 15) is 9.90 Å². The zero-order valence-corrected chi connectivity index (χ0v) is 21.2. The molecule has 0 fully saturated rings. The molecule has 5 heteroatoms. The van der Waals surface area contributed by atoms with Gasteiger partial charge in [0.05, 0.1) is 13.2 Å². The first-order valence-electron chi connectivity index (χ1n) is 13.3. The van der Waals surface area contributed by atoms with Gasteiger partial charge < -0.3 is 19.3 Å². The van der Waals surface area contributed by atoms with E-state index in [2.05, 4.69) is 6.92 Å². The average molecular weight is 465 g/mol. The topological polar surface area (TPSA) is 65.0 Å². The van der Waals surface area contributed by atoms with Gasteiger partial charge in [0.2, 0.25) is 0 Å². The lowest BCUT2D eigenvalue weighted by molar-refractivity contribution is -0.218. The van der Waals surface area contributed by atoms with Crippen LogP contribution in [0.2, 0.25) is 0 Å². The number of carboxylic acids is 1. The van der Waals surface area contributed by atoms with Crippen LogP contribution < -0.4 is 4.74 Å². The van der Waals surface area contributed by atoms with Gasteiger partial charge in [-0.15, -0.1) is 0 Å². The smallest absolute Gasteiger partial charge is 0.377 e. The largest absolute Gasteiger partial charge is 0.476 e. The van der Waals surface area contributed by atoms with E-state index in [1.165, 1.54) is 70.6 Å². The second-order valence-corrected chi connectivity index (χ2v) is 8.86. The van der Waals surface area contributed by atoms with E-state index in [0.717, 1.165) is 19.3 Å². The van der Waals surface area contributed by atoms with E-state index in [0.29, 0.717) is 25.4 Å². The molecular formula is C28H48O5. The van der Waals surface area contributed by atoms with Crippen LogP contribution in [0, 0.1) is 0 Å². The number of aliphatic carboxylic acids is 1. The third-order valence-electron chi connectivity index (χ3n) is 5.98. The number of carboxylic acid groups (broad SMARTS) is 1. The lowest BCUT2D eigenvalue weighted by Gasteiger charge is -2.30. The fourth-order valence-corrected chi connectivity index (χ4v) is 4.01. The molecule has 0 aliphatic rings. The Kier molecular flexibility index (Phi) is 17.7. The molecule has 0 aliphatic carbocycles. The molecule has 1 rings (SSSR count). The number of hydrogen-bond acceptors (Lipinski definition) is 4. The second kappa shape index (κ2) is 19.8. The van der Waals surface area contributed by atoms with Crippen molar-refractivity contribution in [3.8, 4) is 5.75 Å². The quantitative estimate of drug-likeness (QED) is 0.132. The van der Waals surface area contributed by atoms with E-state index in [-0.39, 0.29) is 6.61 Å². The molecule has 0 bridgehead atoms. The zero-order chi connectivity index (χ0) is 24.0. The number of benzene rings is 1. The lowest BCUT2D eigenvalue weighted by Crippen LogP contribution is -2.48. The fraction of sp³-hybridized carbons (Fsp3) is 0.750. The Balaban J connectivity index is 2.28. The van der Waals surface area contributed by atoms with E-state index in [1.807, 2.05) is 25.1 Å². The summed E-state index contributed by atoms with van der Waals surface area (Å²) in [6.45, 7) is 5.27. The van der Waals surface area contributed by atoms with E-state index >= 15 is 0 Å². The molecule has 1 N–H and O–H groups in total. The third kappa shape index (κ3) is 14.3. The minimum absolute atomic E-state index is 0.186. The van der Waals surface area contributed by atoms with E-state index in [1.54, 1.807) is 12.1 Å². The first kappa shape index (κ1) is 29.4. The molecule has 0 amide bonds. The molecular weight excluding hydrogens is 416 g/mol. The van der Waals surface area contributed by atoms with Gasteiger partial charge in [-0.05, 0) is 25.5 Å². The summed E-state index contributed by atoms with van der Waals surface area (Å²) in [6, 6.07) is 9.05.